The topological polar surface area (TPSA) is 74.6 Å². The number of nitrogens with one attached hydrogen (secondary N) is 2. The van der Waals surface area contributed by atoms with Gasteiger partial charge in [0.2, 0.25) is 10.3 Å². The zero-order chi connectivity index (χ0) is 18.8. The molecule has 2 aromatic heterocycles. The summed E-state index contributed by atoms with van der Waals surface area (Å²) < 4.78 is 1.59. The first kappa shape index (κ1) is 19.3. The number of rotatable bonds is 6. The second-order valence-electron chi connectivity index (χ2n) is 5.65. The summed E-state index contributed by atoms with van der Waals surface area (Å²) in [4.78, 5) is 9.08. The van der Waals surface area contributed by atoms with E-state index in [0.29, 0.717) is 31.3 Å². The molecule has 0 bridgehead atoms. The highest BCUT2D eigenvalue weighted by atomic mass is 35.5. The fraction of sp³-hybridized carbons (Fsp3) is 0.375. The van der Waals surface area contributed by atoms with Crippen molar-refractivity contribution in [2.45, 2.75) is 40.5 Å². The van der Waals surface area contributed by atoms with Gasteiger partial charge >= 0.3 is 0 Å². The van der Waals surface area contributed by atoms with E-state index < -0.39 is 0 Å². The third-order valence-electron chi connectivity index (χ3n) is 3.78. The van der Waals surface area contributed by atoms with Crippen molar-refractivity contribution in [3.05, 3.63) is 10.0 Å². The van der Waals surface area contributed by atoms with Crippen LogP contribution in [0.3, 0.4) is 0 Å². The van der Waals surface area contributed by atoms with Crippen LogP contribution in [0.25, 0.3) is 20.4 Å². The van der Waals surface area contributed by atoms with Gasteiger partial charge in [0.25, 0.3) is 0 Å². The van der Waals surface area contributed by atoms with Gasteiger partial charge in [-0.25, -0.2) is 9.97 Å². The van der Waals surface area contributed by atoms with E-state index in [9.17, 15) is 0 Å². The molecule has 3 rings (SSSR count). The minimum atomic E-state index is 0.543. The minimum Gasteiger partial charge on any atom is -0.253 e. The van der Waals surface area contributed by atoms with Crippen molar-refractivity contribution < 1.29 is 0 Å². The Kier molecular flexibility index (Phi) is 5.96. The third kappa shape index (κ3) is 3.78. The predicted molar refractivity (Wildman–Crippen MR) is 117 cm³/mol. The number of fused-ring (bicyclic) bond motifs is 2. The average Bonchev–Trinajstić information content (AvgIpc) is 3.27. The van der Waals surface area contributed by atoms with Crippen LogP contribution in [0.5, 0.6) is 0 Å². The van der Waals surface area contributed by atoms with Crippen molar-refractivity contribution in [3.8, 4) is 0 Å². The number of anilines is 2. The number of nitrogens with zero attached hydrogens (tertiary/aromatic N) is 4. The highest BCUT2D eigenvalue weighted by molar-refractivity contribution is 7.25. The number of thiazole rings is 2. The van der Waals surface area contributed by atoms with Crippen LogP contribution in [0, 0.1) is 0 Å². The molecular formula is C16H18Cl2N6S2. The van der Waals surface area contributed by atoms with Crippen LogP contribution < -0.4 is 10.9 Å². The summed E-state index contributed by atoms with van der Waals surface area (Å²) >= 11 is 16.0. The van der Waals surface area contributed by atoms with E-state index in [0.717, 1.165) is 33.7 Å². The van der Waals surface area contributed by atoms with E-state index in [4.69, 9.17) is 23.2 Å². The van der Waals surface area contributed by atoms with Gasteiger partial charge in [-0.2, -0.15) is 10.2 Å². The lowest BCUT2D eigenvalue weighted by Crippen LogP contribution is -1.94. The SMILES string of the molecule is CC/C(C)=N\Nc1nc2c(Cl)c3sc(N/N=C(/C)CC)nc3c(Cl)c2s1. The van der Waals surface area contributed by atoms with E-state index in [1.54, 1.807) is 0 Å². The van der Waals surface area contributed by atoms with E-state index in [1.807, 2.05) is 27.7 Å². The Morgan fingerprint density at radius 1 is 0.846 bits per heavy atom. The quantitative estimate of drug-likeness (QED) is 0.342. The van der Waals surface area contributed by atoms with Crippen molar-refractivity contribution in [3.63, 3.8) is 0 Å². The molecular weight excluding hydrogens is 411 g/mol. The zero-order valence-electron chi connectivity index (χ0n) is 14.8. The predicted octanol–water partition coefficient (Wildman–Crippen LogP) is 6.61. The minimum absolute atomic E-state index is 0.543. The highest BCUT2D eigenvalue weighted by Crippen LogP contribution is 2.45. The Hall–Kier alpha value is -1.48. The van der Waals surface area contributed by atoms with Gasteiger partial charge in [-0.3, -0.25) is 10.9 Å². The van der Waals surface area contributed by atoms with Gasteiger partial charge in [0, 0.05) is 11.4 Å². The normalized spacial score (nSPS) is 13.0. The van der Waals surface area contributed by atoms with Crippen LogP contribution in [0.2, 0.25) is 10.0 Å². The molecule has 10 heteroatoms. The van der Waals surface area contributed by atoms with Crippen LogP contribution in [0.4, 0.5) is 10.3 Å². The van der Waals surface area contributed by atoms with Crippen LogP contribution in [-0.2, 0) is 0 Å². The molecule has 0 saturated carbocycles. The molecule has 26 heavy (non-hydrogen) atoms. The van der Waals surface area contributed by atoms with Crippen molar-refractivity contribution >= 4 is 88.0 Å². The summed E-state index contributed by atoms with van der Waals surface area (Å²) in [7, 11) is 0. The number of benzene rings is 1. The smallest absolute Gasteiger partial charge is 0.204 e. The largest absolute Gasteiger partial charge is 0.253 e. The Balaban J connectivity index is 2.04. The Morgan fingerprint density at radius 2 is 1.23 bits per heavy atom. The second kappa shape index (κ2) is 8.04. The van der Waals surface area contributed by atoms with Gasteiger partial charge in [0.1, 0.15) is 11.0 Å². The molecule has 1 aromatic carbocycles. The highest BCUT2D eigenvalue weighted by Gasteiger charge is 2.20. The number of aromatic nitrogens is 2. The molecule has 0 spiro atoms. The molecule has 0 aliphatic carbocycles. The summed E-state index contributed by atoms with van der Waals surface area (Å²) in [5.41, 5.74) is 9.23. The number of hydrogen-bond acceptors (Lipinski definition) is 8. The van der Waals surface area contributed by atoms with Crippen molar-refractivity contribution in [2.75, 3.05) is 10.9 Å². The van der Waals surface area contributed by atoms with E-state index in [-0.39, 0.29) is 0 Å². The fourth-order valence-electron chi connectivity index (χ4n) is 1.99. The van der Waals surface area contributed by atoms with Gasteiger partial charge in [-0.05, 0) is 26.7 Å². The molecule has 0 fully saturated rings. The average molecular weight is 429 g/mol. The van der Waals surface area contributed by atoms with Crippen molar-refractivity contribution in [1.29, 1.82) is 0 Å². The van der Waals surface area contributed by atoms with Crippen LogP contribution in [0.15, 0.2) is 10.2 Å². The van der Waals surface area contributed by atoms with Gasteiger partial charge in [0.05, 0.1) is 19.4 Å². The molecule has 0 unspecified atom stereocenters. The molecule has 0 aliphatic heterocycles. The zero-order valence-corrected chi connectivity index (χ0v) is 17.9. The Labute approximate surface area is 169 Å². The van der Waals surface area contributed by atoms with Gasteiger partial charge in [-0.1, -0.05) is 59.7 Å². The molecule has 3 aromatic rings. The lowest BCUT2D eigenvalue weighted by molar-refractivity contribution is 1.20. The van der Waals surface area contributed by atoms with E-state index in [1.165, 1.54) is 22.7 Å². The Bertz CT molecular complexity index is 886. The number of hydrazone groups is 2. The maximum Gasteiger partial charge on any atom is 0.204 e. The number of hydrogen-bond donors (Lipinski definition) is 2. The molecule has 0 aliphatic rings. The molecule has 0 radical (unpaired) electrons. The van der Waals surface area contributed by atoms with Crippen LogP contribution in [-0.4, -0.2) is 21.4 Å². The summed E-state index contributed by atoms with van der Waals surface area (Å²) in [6.07, 6.45) is 1.74. The first-order valence-electron chi connectivity index (χ1n) is 8.10. The van der Waals surface area contributed by atoms with Gasteiger partial charge < -0.3 is 0 Å². The Morgan fingerprint density at radius 3 is 1.58 bits per heavy atom. The lowest BCUT2D eigenvalue weighted by Gasteiger charge is -1.97. The standard InChI is InChI=1S/C16H18Cl2N6S2/c1-5-7(3)21-23-15-19-11-9(17)14-12(10(18)13(11)25-15)20-16(26-14)24-22-8(4)6-2/h5-6H2,1-4H3,(H,19,23)(H,20,24)/b21-7-,22-8-. The summed E-state index contributed by atoms with van der Waals surface area (Å²) in [6.45, 7) is 8.00. The molecule has 0 atom stereocenters. The van der Waals surface area contributed by atoms with Crippen molar-refractivity contribution in [2.24, 2.45) is 10.2 Å². The van der Waals surface area contributed by atoms with Gasteiger partial charge in [-0.15, -0.1) is 0 Å². The van der Waals surface area contributed by atoms with E-state index in [2.05, 4.69) is 31.0 Å². The molecule has 0 amide bonds. The molecule has 2 N–H and O–H groups in total. The summed E-state index contributed by atoms with van der Waals surface area (Å²) in [5.74, 6) is 0. The van der Waals surface area contributed by atoms with Crippen LogP contribution in [0.1, 0.15) is 40.5 Å². The van der Waals surface area contributed by atoms with Gasteiger partial charge in [0.15, 0.2) is 0 Å². The maximum atomic E-state index is 6.58. The van der Waals surface area contributed by atoms with Crippen LogP contribution >= 0.6 is 45.9 Å². The van der Waals surface area contributed by atoms with E-state index >= 15 is 0 Å². The first-order chi connectivity index (χ1) is 12.4. The molecule has 2 heterocycles. The fourth-order valence-corrected chi connectivity index (χ4v) is 4.49. The monoisotopic (exact) mass is 428 g/mol. The molecule has 138 valence electrons. The van der Waals surface area contributed by atoms with Crippen molar-refractivity contribution in [1.82, 2.24) is 9.97 Å². The maximum absolute atomic E-state index is 6.58. The summed E-state index contributed by atoms with van der Waals surface area (Å²) in [6, 6.07) is 0. The first-order valence-corrected chi connectivity index (χ1v) is 10.5. The second-order valence-corrected chi connectivity index (χ2v) is 8.40. The molecule has 0 saturated heterocycles. The lowest BCUT2D eigenvalue weighted by atomic mass is 10.3. The number of halogens is 2. The molecule has 6 nitrogen and oxygen atoms in total. The third-order valence-corrected chi connectivity index (χ3v) is 6.69. The summed E-state index contributed by atoms with van der Waals surface area (Å²) in [5, 5.41) is 10.9.